The first-order valence-electron chi connectivity index (χ1n) is 26.9. The van der Waals surface area contributed by atoms with Gasteiger partial charge in [-0.1, -0.05) is 143 Å². The minimum absolute atomic E-state index is 0.594. The fourth-order valence-corrected chi connectivity index (χ4v) is 13.5. The van der Waals surface area contributed by atoms with Crippen molar-refractivity contribution in [1.29, 1.82) is 0 Å². The fourth-order valence-electron chi connectivity index (χ4n) is 10.0. The highest BCUT2D eigenvalue weighted by molar-refractivity contribution is 8.01. The Labute approximate surface area is 405 Å². The zero-order valence-corrected chi connectivity index (χ0v) is 42.9. The number of hydrogen-bond acceptors (Lipinski definition) is 7. The lowest BCUT2D eigenvalue weighted by molar-refractivity contribution is 0.468. The summed E-state index contributed by atoms with van der Waals surface area (Å²) in [5, 5.41) is 2.72. The highest BCUT2D eigenvalue weighted by Crippen LogP contribution is 2.43. The van der Waals surface area contributed by atoms with Crippen LogP contribution in [0.3, 0.4) is 0 Å². The van der Waals surface area contributed by atoms with Crippen LogP contribution in [0.5, 0.6) is 11.5 Å². The van der Waals surface area contributed by atoms with E-state index < -0.39 is 0 Å². The van der Waals surface area contributed by atoms with Crippen molar-refractivity contribution >= 4 is 23.5 Å². The molecular weight excluding hydrogens is 833 g/mol. The average Bonchev–Trinajstić information content (AvgIpc) is 3.98. The molecule has 2 fully saturated rings. The number of nitrogens with zero attached hydrogens (tertiary/aromatic N) is 4. The number of aryl methyl sites for hydroxylation is 2. The summed E-state index contributed by atoms with van der Waals surface area (Å²) < 4.78 is 7.12. The van der Waals surface area contributed by atoms with Crippen molar-refractivity contribution in [1.82, 2.24) is 19.9 Å². The van der Waals surface area contributed by atoms with Gasteiger partial charge < -0.3 is 4.74 Å². The molecule has 4 aromatic rings. The van der Waals surface area contributed by atoms with Crippen LogP contribution in [0.15, 0.2) is 61.2 Å². The Morgan fingerprint density at radius 1 is 0.431 bits per heavy atom. The molecule has 0 radical (unpaired) electrons. The smallest absolute Gasteiger partial charge is 0.159 e. The van der Waals surface area contributed by atoms with Gasteiger partial charge in [0.05, 0.1) is 0 Å². The molecule has 0 bridgehead atoms. The zero-order valence-electron chi connectivity index (χ0n) is 41.3. The van der Waals surface area contributed by atoms with Crippen molar-refractivity contribution in [3.8, 4) is 34.3 Å². The number of benzene rings is 2. The van der Waals surface area contributed by atoms with Crippen LogP contribution in [-0.2, 0) is 25.7 Å². The predicted molar refractivity (Wildman–Crippen MR) is 283 cm³/mol. The number of unbranched alkanes of at least 4 members (excludes halogenated alkanes) is 16. The second kappa shape index (κ2) is 29.8. The van der Waals surface area contributed by atoms with Crippen LogP contribution in [0, 0.1) is 0 Å². The molecule has 0 amide bonds. The first-order chi connectivity index (χ1) is 32.0. The van der Waals surface area contributed by atoms with Gasteiger partial charge in [-0.2, -0.15) is 23.5 Å². The molecule has 0 spiro atoms. The molecule has 2 saturated heterocycles. The first kappa shape index (κ1) is 51.5. The van der Waals surface area contributed by atoms with Crippen molar-refractivity contribution in [3.05, 3.63) is 83.4 Å². The summed E-state index contributed by atoms with van der Waals surface area (Å²) in [6, 6.07) is 13.4. The Balaban J connectivity index is 1.15. The minimum Gasteiger partial charge on any atom is -0.457 e. The highest BCUT2D eigenvalue weighted by Gasteiger charge is 2.28. The number of ether oxygens (including phenoxy) is 1. The molecule has 2 aromatic carbocycles. The lowest BCUT2D eigenvalue weighted by atomic mass is 10.0. The average molecular weight is 919 g/mol. The van der Waals surface area contributed by atoms with Gasteiger partial charge in [0.2, 0.25) is 0 Å². The Morgan fingerprint density at radius 3 is 1.15 bits per heavy atom. The quantitative estimate of drug-likeness (QED) is 0.0452. The van der Waals surface area contributed by atoms with Gasteiger partial charge in [-0.3, -0.25) is 0 Å². The number of aromatic nitrogens is 4. The van der Waals surface area contributed by atoms with Gasteiger partial charge in [0, 0.05) is 56.9 Å². The molecule has 2 aliphatic heterocycles. The van der Waals surface area contributed by atoms with Crippen molar-refractivity contribution in [3.63, 3.8) is 0 Å². The monoisotopic (exact) mass is 919 g/mol. The topological polar surface area (TPSA) is 60.8 Å². The summed E-state index contributed by atoms with van der Waals surface area (Å²) >= 11 is 4.40. The summed E-state index contributed by atoms with van der Waals surface area (Å²) in [7, 11) is 0. The van der Waals surface area contributed by atoms with E-state index in [1.54, 1.807) is 0 Å². The molecule has 5 nitrogen and oxygen atoms in total. The third-order valence-corrected chi connectivity index (χ3v) is 17.2. The van der Waals surface area contributed by atoms with Crippen molar-refractivity contribution in [2.24, 2.45) is 0 Å². The molecule has 0 saturated carbocycles. The summed E-state index contributed by atoms with van der Waals surface area (Å²) in [5.41, 5.74) is 7.17. The Kier molecular flexibility index (Phi) is 23.6. The van der Waals surface area contributed by atoms with Crippen LogP contribution in [0.25, 0.3) is 22.8 Å². The van der Waals surface area contributed by atoms with Gasteiger partial charge in [-0.15, -0.1) is 0 Å². The molecule has 0 N–H and O–H groups in total. The van der Waals surface area contributed by atoms with E-state index in [1.165, 1.54) is 189 Å². The summed E-state index contributed by atoms with van der Waals surface area (Å²) in [5.74, 6) is 3.54. The molecule has 6 rings (SSSR count). The van der Waals surface area contributed by atoms with Crippen LogP contribution in [0.2, 0.25) is 0 Å². The second-order valence-corrected chi connectivity index (χ2v) is 22.8. The van der Waals surface area contributed by atoms with Gasteiger partial charge in [0.25, 0.3) is 0 Å². The number of thioether (sulfide) groups is 2. The van der Waals surface area contributed by atoms with E-state index in [4.69, 9.17) is 24.7 Å². The van der Waals surface area contributed by atoms with Gasteiger partial charge in [0.1, 0.15) is 11.5 Å². The Bertz CT molecular complexity index is 1760. The van der Waals surface area contributed by atoms with Crippen LogP contribution in [-0.4, -0.2) is 40.9 Å². The molecule has 2 aliphatic rings. The zero-order chi connectivity index (χ0) is 45.3. The molecular formula is C58H86N4OS2. The Hall–Kier alpha value is -2.90. The summed E-state index contributed by atoms with van der Waals surface area (Å²) in [6.07, 6.45) is 46.9. The molecule has 2 aromatic heterocycles. The van der Waals surface area contributed by atoms with E-state index in [2.05, 4.69) is 112 Å². The number of hydrogen-bond donors (Lipinski definition) is 0. The highest BCUT2D eigenvalue weighted by atomic mass is 32.2. The standard InChI is InChI=1S/C58H86N4OS2/c1-5-9-11-13-15-17-19-21-23-27-45-41-59-57(60-42-45)47-29-35-55(49(37-47)39-53-33-31-51(64-53)25-7-3)63-56-36-30-48(38-50(56)40-54-34-32-52(65-54)26-8-4)58-61-43-46(44-62-58)28-24-22-20-18-16-14-12-10-6-2/h29-30,35-38,41-44,51-54H,5-28,31-34,39-40H2,1-4H3. The normalized spacial score (nSPS) is 18.5. The largest absolute Gasteiger partial charge is 0.457 e. The van der Waals surface area contributed by atoms with Gasteiger partial charge in [-0.25, -0.2) is 19.9 Å². The maximum Gasteiger partial charge on any atom is 0.159 e. The van der Waals surface area contributed by atoms with E-state index >= 15 is 0 Å². The van der Waals surface area contributed by atoms with Crippen LogP contribution < -0.4 is 4.74 Å². The molecule has 356 valence electrons. The lowest BCUT2D eigenvalue weighted by Crippen LogP contribution is -2.07. The molecule has 0 aliphatic carbocycles. The van der Waals surface area contributed by atoms with E-state index in [-0.39, 0.29) is 0 Å². The van der Waals surface area contributed by atoms with E-state index in [0.717, 1.165) is 70.5 Å². The molecule has 4 unspecified atom stereocenters. The molecule has 7 heteroatoms. The number of rotatable bonds is 32. The van der Waals surface area contributed by atoms with E-state index in [9.17, 15) is 0 Å². The molecule has 4 heterocycles. The predicted octanol–water partition coefficient (Wildman–Crippen LogP) is 17.8. The van der Waals surface area contributed by atoms with E-state index in [0.29, 0.717) is 10.5 Å². The Morgan fingerprint density at radius 2 is 0.785 bits per heavy atom. The summed E-state index contributed by atoms with van der Waals surface area (Å²) in [4.78, 5) is 19.7. The van der Waals surface area contributed by atoms with Gasteiger partial charge in [-0.05, 0) is 136 Å². The van der Waals surface area contributed by atoms with Crippen molar-refractivity contribution in [2.75, 3.05) is 0 Å². The SMILES string of the molecule is CCCCCCCCCCCc1cnc(-c2ccc(Oc3ccc(-c4ncc(CCCCCCCCCCC)cn4)cc3CC3CCC(CCC)S3)c(CC3CCC(CCC)S3)c2)nc1. The van der Waals surface area contributed by atoms with E-state index in [1.807, 2.05) is 0 Å². The summed E-state index contributed by atoms with van der Waals surface area (Å²) in [6.45, 7) is 9.23. The fraction of sp³-hybridized carbons (Fsp3) is 0.655. The maximum absolute atomic E-state index is 7.12. The first-order valence-corrected chi connectivity index (χ1v) is 28.8. The molecule has 4 atom stereocenters. The van der Waals surface area contributed by atoms with Gasteiger partial charge >= 0.3 is 0 Å². The third-order valence-electron chi connectivity index (χ3n) is 13.9. The minimum atomic E-state index is 0.594. The second-order valence-electron chi connectivity index (χ2n) is 19.6. The lowest BCUT2D eigenvalue weighted by Gasteiger charge is -2.19. The van der Waals surface area contributed by atoms with Crippen LogP contribution >= 0.6 is 23.5 Å². The molecule has 65 heavy (non-hydrogen) atoms. The van der Waals surface area contributed by atoms with Crippen molar-refractivity contribution in [2.45, 2.75) is 241 Å². The van der Waals surface area contributed by atoms with Gasteiger partial charge in [0.15, 0.2) is 11.6 Å². The maximum atomic E-state index is 7.12. The van der Waals surface area contributed by atoms with Crippen LogP contribution in [0.4, 0.5) is 0 Å². The van der Waals surface area contributed by atoms with Crippen molar-refractivity contribution < 1.29 is 4.74 Å². The third kappa shape index (κ3) is 17.9. The van der Waals surface area contributed by atoms with Crippen LogP contribution in [0.1, 0.15) is 217 Å².